The molecular weight excluding hydrogens is 400 g/mol. The first-order chi connectivity index (χ1) is 14.9. The van der Waals surface area contributed by atoms with E-state index in [0.717, 1.165) is 0 Å². The Kier molecular flexibility index (Phi) is 5.35. The number of hydrogen-bond acceptors (Lipinski definition) is 6. The molecule has 3 heterocycles. The number of nitrogens with zero attached hydrogens (tertiary/aromatic N) is 4. The van der Waals surface area contributed by atoms with Gasteiger partial charge in [-0.1, -0.05) is 12.1 Å². The van der Waals surface area contributed by atoms with Crippen molar-refractivity contribution in [2.45, 2.75) is 19.9 Å². The van der Waals surface area contributed by atoms with Crippen LogP contribution in [-0.4, -0.2) is 30.2 Å². The zero-order valence-electron chi connectivity index (χ0n) is 17.0. The summed E-state index contributed by atoms with van der Waals surface area (Å²) >= 11 is 0. The van der Waals surface area contributed by atoms with Crippen molar-refractivity contribution in [3.63, 3.8) is 0 Å². The lowest BCUT2D eigenvalue weighted by atomic mass is 10.2. The Morgan fingerprint density at radius 2 is 2.00 bits per heavy atom. The highest BCUT2D eigenvalue weighted by molar-refractivity contribution is 5.92. The van der Waals surface area contributed by atoms with Crippen LogP contribution in [0.4, 0.5) is 5.69 Å². The maximum Gasteiger partial charge on any atom is 0.328 e. The number of para-hydroxylation sites is 1. The molecule has 1 aromatic carbocycles. The summed E-state index contributed by atoms with van der Waals surface area (Å²) in [7, 11) is 1.71. The Morgan fingerprint density at radius 1 is 1.19 bits per heavy atom. The van der Waals surface area contributed by atoms with Crippen LogP contribution < -0.4 is 21.3 Å². The maximum atomic E-state index is 12.7. The van der Waals surface area contributed by atoms with Crippen LogP contribution in [0.25, 0.3) is 10.9 Å². The van der Waals surface area contributed by atoms with E-state index >= 15 is 0 Å². The maximum absolute atomic E-state index is 12.7. The van der Waals surface area contributed by atoms with E-state index in [0.29, 0.717) is 33.9 Å². The number of fused-ring (bicyclic) bond motifs is 1. The zero-order chi connectivity index (χ0) is 22.0. The van der Waals surface area contributed by atoms with Crippen molar-refractivity contribution in [1.29, 1.82) is 0 Å². The summed E-state index contributed by atoms with van der Waals surface area (Å²) < 4.78 is 8.74. The number of hydrogen-bond donors (Lipinski definition) is 2. The van der Waals surface area contributed by atoms with Gasteiger partial charge in [0, 0.05) is 26.2 Å². The van der Waals surface area contributed by atoms with E-state index in [1.165, 1.54) is 9.25 Å². The van der Waals surface area contributed by atoms with E-state index in [1.54, 1.807) is 62.8 Å². The van der Waals surface area contributed by atoms with Gasteiger partial charge in [0.15, 0.2) is 0 Å². The topological polar surface area (TPSA) is 124 Å². The summed E-state index contributed by atoms with van der Waals surface area (Å²) in [6, 6.07) is 10.2. The monoisotopic (exact) mass is 420 g/mol. The van der Waals surface area contributed by atoms with Gasteiger partial charge >= 0.3 is 5.69 Å². The molecule has 0 unspecified atom stereocenters. The molecule has 10 nitrogen and oxygen atoms in total. The lowest BCUT2D eigenvalue weighted by molar-refractivity contribution is -0.116. The number of ether oxygens (including phenoxy) is 1. The highest BCUT2D eigenvalue weighted by Crippen LogP contribution is 2.31. The molecule has 0 bridgehead atoms. The highest BCUT2D eigenvalue weighted by atomic mass is 16.5. The molecule has 0 fully saturated rings. The molecule has 3 aromatic heterocycles. The predicted octanol–water partition coefficient (Wildman–Crippen LogP) is 1.95. The molecule has 4 aromatic rings. The molecule has 0 radical (unpaired) electrons. The fourth-order valence-corrected chi connectivity index (χ4v) is 3.30. The molecule has 0 saturated carbocycles. The van der Waals surface area contributed by atoms with Gasteiger partial charge in [-0.25, -0.2) is 9.48 Å². The van der Waals surface area contributed by atoms with Gasteiger partial charge in [-0.2, -0.15) is 5.10 Å². The number of nitrogens with one attached hydrogen (secondary N) is 2. The third-order valence-electron chi connectivity index (χ3n) is 4.75. The molecule has 0 saturated heterocycles. The standard InChI is InChI=1S/C21H20N6O4/c1-13-18(20(26(2)25-13)31-14-6-5-10-22-12-14)23-17(28)9-11-27-16-8-4-3-7-15(16)19(29)24-21(27)30/h3-8,10,12H,9,11H2,1-2H3,(H,23,28)(H,24,29,30). The third kappa shape index (κ3) is 4.08. The summed E-state index contributed by atoms with van der Waals surface area (Å²) in [6.45, 7) is 1.85. The molecule has 1 amide bonds. The summed E-state index contributed by atoms with van der Waals surface area (Å²) in [5.74, 6) is 0.548. The van der Waals surface area contributed by atoms with Crippen molar-refractivity contribution in [2.24, 2.45) is 7.05 Å². The average molecular weight is 420 g/mol. The van der Waals surface area contributed by atoms with Crippen LogP contribution in [0.1, 0.15) is 12.1 Å². The van der Waals surface area contributed by atoms with E-state index in [4.69, 9.17) is 4.74 Å². The number of pyridine rings is 1. The van der Waals surface area contributed by atoms with Crippen LogP contribution >= 0.6 is 0 Å². The van der Waals surface area contributed by atoms with Gasteiger partial charge in [-0.3, -0.25) is 24.1 Å². The van der Waals surface area contributed by atoms with Gasteiger partial charge in [0.2, 0.25) is 11.8 Å². The van der Waals surface area contributed by atoms with Crippen LogP contribution in [0.3, 0.4) is 0 Å². The Balaban J connectivity index is 1.54. The van der Waals surface area contributed by atoms with Gasteiger partial charge in [0.1, 0.15) is 11.4 Å². The fourth-order valence-electron chi connectivity index (χ4n) is 3.30. The van der Waals surface area contributed by atoms with E-state index in [1.807, 2.05) is 0 Å². The number of aromatic amines is 1. The van der Waals surface area contributed by atoms with E-state index in [9.17, 15) is 14.4 Å². The van der Waals surface area contributed by atoms with Crippen molar-refractivity contribution in [3.8, 4) is 11.6 Å². The lowest BCUT2D eigenvalue weighted by Crippen LogP contribution is -2.31. The van der Waals surface area contributed by atoms with Crippen molar-refractivity contribution >= 4 is 22.5 Å². The molecule has 158 valence electrons. The Hall–Kier alpha value is -4.21. The summed E-state index contributed by atoms with van der Waals surface area (Å²) in [4.78, 5) is 43.2. The highest BCUT2D eigenvalue weighted by Gasteiger charge is 2.18. The molecule has 0 atom stereocenters. The normalized spacial score (nSPS) is 10.9. The fraction of sp³-hybridized carbons (Fsp3) is 0.190. The van der Waals surface area contributed by atoms with Crippen molar-refractivity contribution in [3.05, 3.63) is 75.3 Å². The Labute approximate surface area is 176 Å². The summed E-state index contributed by atoms with van der Waals surface area (Å²) in [6.07, 6.45) is 3.20. The molecule has 31 heavy (non-hydrogen) atoms. The SMILES string of the molecule is Cc1nn(C)c(Oc2cccnc2)c1NC(=O)CCn1c(=O)[nH]c(=O)c2ccccc21. The Bertz CT molecular complexity index is 1370. The molecule has 0 aliphatic carbocycles. The predicted molar refractivity (Wildman–Crippen MR) is 114 cm³/mol. The quantitative estimate of drug-likeness (QED) is 0.491. The number of aryl methyl sites for hydroxylation is 3. The second-order valence-electron chi connectivity index (χ2n) is 6.91. The van der Waals surface area contributed by atoms with Crippen molar-refractivity contribution in [1.82, 2.24) is 24.3 Å². The zero-order valence-corrected chi connectivity index (χ0v) is 17.0. The van der Waals surface area contributed by atoms with E-state index in [2.05, 4.69) is 20.4 Å². The Morgan fingerprint density at radius 3 is 2.77 bits per heavy atom. The molecule has 0 spiro atoms. The molecule has 4 rings (SSSR count). The number of carbonyl (C=O) groups excluding carboxylic acids is 1. The van der Waals surface area contributed by atoms with Gasteiger partial charge in [-0.15, -0.1) is 0 Å². The third-order valence-corrected chi connectivity index (χ3v) is 4.75. The van der Waals surface area contributed by atoms with Gasteiger partial charge < -0.3 is 10.1 Å². The first kappa shape index (κ1) is 20.1. The van der Waals surface area contributed by atoms with E-state index < -0.39 is 11.2 Å². The number of benzene rings is 1. The van der Waals surface area contributed by atoms with Crippen LogP contribution in [0.5, 0.6) is 11.6 Å². The number of rotatable bonds is 6. The summed E-state index contributed by atoms with van der Waals surface area (Å²) in [5, 5.41) is 7.51. The molecule has 2 N–H and O–H groups in total. The minimum atomic E-state index is -0.561. The largest absolute Gasteiger partial charge is 0.436 e. The van der Waals surface area contributed by atoms with Crippen molar-refractivity contribution in [2.75, 3.05) is 5.32 Å². The van der Waals surface area contributed by atoms with Gasteiger partial charge in [0.25, 0.3) is 5.56 Å². The molecule has 0 aliphatic rings. The van der Waals surface area contributed by atoms with Gasteiger partial charge in [-0.05, 0) is 31.2 Å². The second kappa shape index (κ2) is 8.27. The van der Waals surface area contributed by atoms with Crippen LogP contribution in [0.15, 0.2) is 58.4 Å². The number of aromatic nitrogens is 5. The number of anilines is 1. The smallest absolute Gasteiger partial charge is 0.328 e. The van der Waals surface area contributed by atoms with E-state index in [-0.39, 0.29) is 18.9 Å². The average Bonchev–Trinajstić information content (AvgIpc) is 3.01. The number of H-pyrrole nitrogens is 1. The lowest BCUT2D eigenvalue weighted by Gasteiger charge is -2.11. The molecular formula is C21H20N6O4. The van der Waals surface area contributed by atoms with Crippen LogP contribution in [0, 0.1) is 6.92 Å². The number of amides is 1. The second-order valence-corrected chi connectivity index (χ2v) is 6.91. The first-order valence-electron chi connectivity index (χ1n) is 9.57. The molecule has 10 heteroatoms. The van der Waals surface area contributed by atoms with Crippen molar-refractivity contribution < 1.29 is 9.53 Å². The van der Waals surface area contributed by atoms with Gasteiger partial charge in [0.05, 0.1) is 22.8 Å². The van der Waals surface area contributed by atoms with Crippen LogP contribution in [-0.2, 0) is 18.4 Å². The first-order valence-corrected chi connectivity index (χ1v) is 9.57. The summed E-state index contributed by atoms with van der Waals surface area (Å²) in [5.41, 5.74) is 0.484. The minimum Gasteiger partial charge on any atom is -0.436 e. The van der Waals surface area contributed by atoms with Crippen LogP contribution in [0.2, 0.25) is 0 Å². The molecule has 0 aliphatic heterocycles. The number of carbonyl (C=O) groups is 1. The minimum absolute atomic E-state index is 0.0105.